The van der Waals surface area contributed by atoms with E-state index in [2.05, 4.69) is 17.1 Å². The highest BCUT2D eigenvalue weighted by molar-refractivity contribution is 5.95. The Kier molecular flexibility index (Phi) is 4.85. The summed E-state index contributed by atoms with van der Waals surface area (Å²) in [5, 5.41) is 12.5. The molecular weight excluding hydrogens is 266 g/mol. The summed E-state index contributed by atoms with van der Waals surface area (Å²) in [6.45, 7) is 6.84. The Morgan fingerprint density at radius 3 is 2.95 bits per heavy atom. The maximum absolute atomic E-state index is 12.5. The van der Waals surface area contributed by atoms with Gasteiger partial charge in [0, 0.05) is 17.4 Å². The van der Waals surface area contributed by atoms with Crippen LogP contribution >= 0.6 is 0 Å². The van der Waals surface area contributed by atoms with E-state index in [1.807, 2.05) is 32.0 Å². The molecule has 1 amide bonds. The lowest BCUT2D eigenvalue weighted by molar-refractivity contribution is -0.121. The largest absolute Gasteiger partial charge is 0.398 e. The van der Waals surface area contributed by atoms with Crippen molar-refractivity contribution >= 4 is 17.3 Å². The van der Waals surface area contributed by atoms with E-state index in [-0.39, 0.29) is 24.6 Å². The molecule has 0 bridgehead atoms. The van der Waals surface area contributed by atoms with E-state index in [0.29, 0.717) is 11.6 Å². The van der Waals surface area contributed by atoms with Crippen molar-refractivity contribution in [1.29, 1.82) is 0 Å². The molecule has 0 aliphatic carbocycles. The van der Waals surface area contributed by atoms with E-state index in [0.717, 1.165) is 24.2 Å². The van der Waals surface area contributed by atoms with Gasteiger partial charge in [0.2, 0.25) is 5.91 Å². The fourth-order valence-corrected chi connectivity index (χ4v) is 2.98. The number of rotatable bonds is 4. The van der Waals surface area contributed by atoms with E-state index in [9.17, 15) is 9.90 Å². The third-order valence-electron chi connectivity index (χ3n) is 4.62. The zero-order chi connectivity index (χ0) is 15.6. The second-order valence-electron chi connectivity index (χ2n) is 5.94. The first kappa shape index (κ1) is 15.8. The van der Waals surface area contributed by atoms with Crippen molar-refractivity contribution in [2.75, 3.05) is 24.2 Å². The van der Waals surface area contributed by atoms with Gasteiger partial charge >= 0.3 is 0 Å². The first-order chi connectivity index (χ1) is 9.95. The van der Waals surface area contributed by atoms with E-state index in [1.54, 1.807) is 0 Å². The summed E-state index contributed by atoms with van der Waals surface area (Å²) in [7, 11) is 0. The summed E-state index contributed by atoms with van der Waals surface area (Å²) in [6.07, 6.45) is 1.01. The standard InChI is InChI=1S/C16H25N3O2/c1-10-7-8-19(15(10)9-20)12(3)16(21)18-14-6-4-5-13(17)11(14)2/h4-6,10,12,15,20H,7-9,17H2,1-3H3,(H,18,21). The summed E-state index contributed by atoms with van der Waals surface area (Å²) >= 11 is 0. The van der Waals surface area contributed by atoms with Crippen molar-refractivity contribution < 1.29 is 9.90 Å². The van der Waals surface area contributed by atoms with Crippen LogP contribution in [0.25, 0.3) is 0 Å². The number of likely N-dealkylation sites (tertiary alicyclic amines) is 1. The summed E-state index contributed by atoms with van der Waals surface area (Å²) in [5.41, 5.74) is 8.16. The number of amides is 1. The number of benzene rings is 1. The Labute approximate surface area is 126 Å². The number of aliphatic hydroxyl groups is 1. The number of carbonyl (C=O) groups is 1. The minimum atomic E-state index is -0.270. The van der Waals surface area contributed by atoms with Crippen molar-refractivity contribution in [1.82, 2.24) is 4.90 Å². The van der Waals surface area contributed by atoms with Crippen LogP contribution in [0.15, 0.2) is 18.2 Å². The molecule has 3 atom stereocenters. The average Bonchev–Trinajstić information content (AvgIpc) is 2.83. The van der Waals surface area contributed by atoms with Gasteiger partial charge in [-0.3, -0.25) is 9.69 Å². The zero-order valence-electron chi connectivity index (χ0n) is 13.0. The van der Waals surface area contributed by atoms with Crippen LogP contribution in [0.3, 0.4) is 0 Å². The molecule has 1 saturated heterocycles. The number of nitrogens with one attached hydrogen (secondary N) is 1. The summed E-state index contributed by atoms with van der Waals surface area (Å²) in [4.78, 5) is 14.5. The molecule has 5 nitrogen and oxygen atoms in total. The highest BCUT2D eigenvalue weighted by Gasteiger charge is 2.36. The predicted molar refractivity (Wildman–Crippen MR) is 85.0 cm³/mol. The van der Waals surface area contributed by atoms with Crippen molar-refractivity contribution in [3.8, 4) is 0 Å². The van der Waals surface area contributed by atoms with Crippen LogP contribution in [0.5, 0.6) is 0 Å². The van der Waals surface area contributed by atoms with Gasteiger partial charge in [-0.05, 0) is 50.4 Å². The molecule has 1 aliphatic heterocycles. The first-order valence-corrected chi connectivity index (χ1v) is 7.48. The third kappa shape index (κ3) is 3.19. The molecular formula is C16H25N3O2. The van der Waals surface area contributed by atoms with E-state index >= 15 is 0 Å². The molecule has 1 aliphatic rings. The molecule has 5 heteroatoms. The molecule has 116 valence electrons. The minimum absolute atomic E-state index is 0.0590. The molecule has 2 rings (SSSR count). The van der Waals surface area contributed by atoms with Gasteiger partial charge in [0.05, 0.1) is 12.6 Å². The lowest BCUT2D eigenvalue weighted by Gasteiger charge is -2.30. The smallest absolute Gasteiger partial charge is 0.241 e. The minimum Gasteiger partial charge on any atom is -0.398 e. The maximum Gasteiger partial charge on any atom is 0.241 e. The Balaban J connectivity index is 2.08. The molecule has 1 heterocycles. The number of hydrogen-bond donors (Lipinski definition) is 3. The third-order valence-corrected chi connectivity index (χ3v) is 4.62. The lowest BCUT2D eigenvalue weighted by atomic mass is 10.0. The van der Waals surface area contributed by atoms with Crippen molar-refractivity contribution in [2.45, 2.75) is 39.3 Å². The Morgan fingerprint density at radius 1 is 1.57 bits per heavy atom. The van der Waals surface area contributed by atoms with Gasteiger partial charge in [-0.2, -0.15) is 0 Å². The van der Waals surface area contributed by atoms with Gasteiger partial charge in [-0.15, -0.1) is 0 Å². The number of anilines is 2. The van der Waals surface area contributed by atoms with Gasteiger partial charge in [0.25, 0.3) is 0 Å². The second-order valence-corrected chi connectivity index (χ2v) is 5.94. The fourth-order valence-electron chi connectivity index (χ4n) is 2.98. The van der Waals surface area contributed by atoms with Crippen LogP contribution < -0.4 is 11.1 Å². The zero-order valence-corrected chi connectivity index (χ0v) is 13.0. The van der Waals surface area contributed by atoms with E-state index in [1.165, 1.54) is 0 Å². The van der Waals surface area contributed by atoms with Crippen LogP contribution in [0.4, 0.5) is 11.4 Å². The van der Waals surface area contributed by atoms with E-state index < -0.39 is 0 Å². The quantitative estimate of drug-likeness (QED) is 0.736. The number of nitrogens with two attached hydrogens (primary N) is 1. The van der Waals surface area contributed by atoms with Crippen LogP contribution in [0.1, 0.15) is 25.8 Å². The first-order valence-electron chi connectivity index (χ1n) is 7.48. The molecule has 0 saturated carbocycles. The molecule has 1 aromatic carbocycles. The molecule has 21 heavy (non-hydrogen) atoms. The summed E-state index contributed by atoms with van der Waals surface area (Å²) in [6, 6.07) is 5.29. The molecule has 0 aromatic heterocycles. The van der Waals surface area contributed by atoms with Crippen molar-refractivity contribution in [3.05, 3.63) is 23.8 Å². The van der Waals surface area contributed by atoms with Crippen LogP contribution in [-0.2, 0) is 4.79 Å². The number of carbonyl (C=O) groups excluding carboxylic acids is 1. The van der Waals surface area contributed by atoms with Crippen LogP contribution in [0, 0.1) is 12.8 Å². The Hall–Kier alpha value is -1.59. The highest BCUT2D eigenvalue weighted by Crippen LogP contribution is 2.27. The molecule has 1 aromatic rings. The maximum atomic E-state index is 12.5. The van der Waals surface area contributed by atoms with Crippen LogP contribution in [0.2, 0.25) is 0 Å². The van der Waals surface area contributed by atoms with Crippen LogP contribution in [-0.4, -0.2) is 41.1 Å². The summed E-state index contributed by atoms with van der Waals surface area (Å²) < 4.78 is 0. The number of hydrogen-bond acceptors (Lipinski definition) is 4. The lowest BCUT2D eigenvalue weighted by Crippen LogP contribution is -2.47. The average molecular weight is 291 g/mol. The Morgan fingerprint density at radius 2 is 2.29 bits per heavy atom. The van der Waals surface area contributed by atoms with Gasteiger partial charge in [-0.1, -0.05) is 13.0 Å². The molecule has 0 spiro atoms. The topological polar surface area (TPSA) is 78.6 Å². The number of aliphatic hydroxyl groups excluding tert-OH is 1. The molecule has 3 unspecified atom stereocenters. The van der Waals surface area contributed by atoms with Gasteiger partial charge < -0.3 is 16.2 Å². The summed E-state index contributed by atoms with van der Waals surface area (Å²) in [5.74, 6) is 0.357. The van der Waals surface area contributed by atoms with Crippen molar-refractivity contribution in [3.63, 3.8) is 0 Å². The highest BCUT2D eigenvalue weighted by atomic mass is 16.3. The number of nitrogen functional groups attached to an aromatic ring is 1. The Bertz CT molecular complexity index is 518. The van der Waals surface area contributed by atoms with E-state index in [4.69, 9.17) is 5.73 Å². The van der Waals surface area contributed by atoms with Gasteiger partial charge in [0.1, 0.15) is 0 Å². The number of nitrogens with zero attached hydrogens (tertiary/aromatic N) is 1. The molecule has 1 fully saturated rings. The van der Waals surface area contributed by atoms with Gasteiger partial charge in [-0.25, -0.2) is 0 Å². The normalized spacial score (nSPS) is 24.0. The fraction of sp³-hybridized carbons (Fsp3) is 0.562. The van der Waals surface area contributed by atoms with Gasteiger partial charge in [0.15, 0.2) is 0 Å². The second kappa shape index (κ2) is 6.45. The predicted octanol–water partition coefficient (Wildman–Crippen LogP) is 1.61. The van der Waals surface area contributed by atoms with Crippen molar-refractivity contribution in [2.24, 2.45) is 5.92 Å². The monoisotopic (exact) mass is 291 g/mol. The molecule has 0 radical (unpaired) electrons. The molecule has 4 N–H and O–H groups in total. The SMILES string of the molecule is Cc1c(N)cccc1NC(=O)C(C)N1CCC(C)C1CO.